The van der Waals surface area contributed by atoms with Crippen molar-refractivity contribution in [1.29, 1.82) is 0 Å². The molecular formula is C24H28N4O4. The third kappa shape index (κ3) is 5.72. The summed E-state index contributed by atoms with van der Waals surface area (Å²) >= 11 is 0. The quantitative estimate of drug-likeness (QED) is 0.477. The van der Waals surface area contributed by atoms with Gasteiger partial charge in [0, 0.05) is 25.2 Å². The van der Waals surface area contributed by atoms with Crippen molar-refractivity contribution < 1.29 is 9.59 Å². The number of hydrogen-bond donors (Lipinski definition) is 2. The number of carbonyl (C=O) groups excluding carboxylic acids is 2. The molecule has 0 spiro atoms. The fraction of sp³-hybridized carbons (Fsp3) is 0.333. The summed E-state index contributed by atoms with van der Waals surface area (Å²) in [5.41, 5.74) is 0.263. The maximum absolute atomic E-state index is 13.0. The Morgan fingerprint density at radius 1 is 0.875 bits per heavy atom. The fourth-order valence-corrected chi connectivity index (χ4v) is 3.49. The lowest BCUT2D eigenvalue weighted by atomic mass is 10.2. The molecule has 3 rings (SSSR count). The molecule has 3 aromatic rings. The Balaban J connectivity index is 1.72. The van der Waals surface area contributed by atoms with Gasteiger partial charge in [0.05, 0.1) is 10.9 Å². The summed E-state index contributed by atoms with van der Waals surface area (Å²) in [6, 6.07) is 16.0. The van der Waals surface area contributed by atoms with E-state index in [0.717, 1.165) is 16.7 Å². The van der Waals surface area contributed by atoms with E-state index in [1.165, 1.54) is 4.57 Å². The first-order valence-corrected chi connectivity index (χ1v) is 10.8. The molecule has 2 N–H and O–H groups in total. The number of anilines is 1. The van der Waals surface area contributed by atoms with Crippen molar-refractivity contribution >= 4 is 28.4 Å². The van der Waals surface area contributed by atoms with Crippen LogP contribution in [0.5, 0.6) is 0 Å². The maximum atomic E-state index is 13.0. The number of nitrogens with zero attached hydrogens (tertiary/aromatic N) is 2. The summed E-state index contributed by atoms with van der Waals surface area (Å²) in [7, 11) is 0. The minimum atomic E-state index is -0.519. The molecule has 2 aromatic carbocycles. The Bertz CT molecular complexity index is 1200. The summed E-state index contributed by atoms with van der Waals surface area (Å²) < 4.78 is 2.49. The average Bonchev–Trinajstić information content (AvgIpc) is 2.80. The maximum Gasteiger partial charge on any atom is 0.331 e. The summed E-state index contributed by atoms with van der Waals surface area (Å²) in [5.74, 6) is -0.394. The predicted molar refractivity (Wildman–Crippen MR) is 125 cm³/mol. The van der Waals surface area contributed by atoms with Crippen LogP contribution in [0.2, 0.25) is 0 Å². The highest BCUT2D eigenvalue weighted by atomic mass is 16.2. The van der Waals surface area contributed by atoms with Gasteiger partial charge in [-0.1, -0.05) is 37.3 Å². The normalized spacial score (nSPS) is 10.8. The van der Waals surface area contributed by atoms with E-state index in [9.17, 15) is 19.2 Å². The number of rotatable bonds is 10. The second kappa shape index (κ2) is 11.1. The molecule has 32 heavy (non-hydrogen) atoms. The van der Waals surface area contributed by atoms with Crippen LogP contribution in [0.4, 0.5) is 5.69 Å². The molecule has 0 aliphatic carbocycles. The Hall–Kier alpha value is -3.68. The van der Waals surface area contributed by atoms with E-state index >= 15 is 0 Å². The second-order valence-electron chi connectivity index (χ2n) is 7.56. The molecule has 0 saturated heterocycles. The topological polar surface area (TPSA) is 102 Å². The lowest BCUT2D eigenvalue weighted by Gasteiger charge is -2.14. The van der Waals surface area contributed by atoms with Gasteiger partial charge in [0.25, 0.3) is 5.56 Å². The number of amides is 2. The van der Waals surface area contributed by atoms with E-state index in [4.69, 9.17) is 0 Å². The minimum absolute atomic E-state index is 0.118. The zero-order valence-corrected chi connectivity index (χ0v) is 18.2. The van der Waals surface area contributed by atoms with Crippen LogP contribution >= 0.6 is 0 Å². The third-order valence-electron chi connectivity index (χ3n) is 5.10. The molecule has 0 saturated carbocycles. The molecule has 2 amide bonds. The van der Waals surface area contributed by atoms with Crippen molar-refractivity contribution in [2.75, 3.05) is 11.9 Å². The number of para-hydroxylation sites is 2. The van der Waals surface area contributed by atoms with Crippen LogP contribution in [0.15, 0.2) is 64.2 Å². The van der Waals surface area contributed by atoms with Gasteiger partial charge in [-0.2, -0.15) is 0 Å². The number of carbonyl (C=O) groups is 2. The van der Waals surface area contributed by atoms with Gasteiger partial charge < -0.3 is 10.6 Å². The number of nitrogens with one attached hydrogen (secondary N) is 2. The van der Waals surface area contributed by atoms with Gasteiger partial charge in [-0.15, -0.1) is 0 Å². The van der Waals surface area contributed by atoms with Crippen molar-refractivity contribution in [3.05, 3.63) is 75.4 Å². The van der Waals surface area contributed by atoms with E-state index < -0.39 is 5.69 Å². The Labute approximate surface area is 185 Å². The standard InChI is InChI=1S/C24H28N4O4/c1-2-15-25-22(30)17-28-20-13-7-6-12-19(20)23(31)27(24(28)32)16-9-8-14-21(29)26-18-10-4-3-5-11-18/h3-7,10-13H,2,8-9,14-17H2,1H3,(H,25,30)(H,26,29). The number of fused-ring (bicyclic) bond motifs is 1. The molecule has 1 aromatic heterocycles. The van der Waals surface area contributed by atoms with Gasteiger partial charge >= 0.3 is 5.69 Å². The molecule has 8 heteroatoms. The highest BCUT2D eigenvalue weighted by Crippen LogP contribution is 2.09. The van der Waals surface area contributed by atoms with Crippen molar-refractivity contribution in [2.45, 2.75) is 45.7 Å². The first-order valence-electron chi connectivity index (χ1n) is 10.8. The minimum Gasteiger partial charge on any atom is -0.355 e. The molecule has 8 nitrogen and oxygen atoms in total. The van der Waals surface area contributed by atoms with E-state index in [1.54, 1.807) is 24.3 Å². The van der Waals surface area contributed by atoms with Crippen LogP contribution < -0.4 is 21.9 Å². The smallest absolute Gasteiger partial charge is 0.331 e. The molecule has 0 fully saturated rings. The van der Waals surface area contributed by atoms with E-state index in [-0.39, 0.29) is 36.9 Å². The van der Waals surface area contributed by atoms with Gasteiger partial charge in [-0.05, 0) is 43.5 Å². The number of unbranched alkanes of at least 4 members (excludes halogenated alkanes) is 1. The van der Waals surface area contributed by atoms with Crippen molar-refractivity contribution in [3.63, 3.8) is 0 Å². The molecule has 0 aliphatic heterocycles. The lowest BCUT2D eigenvalue weighted by Crippen LogP contribution is -2.42. The molecule has 0 unspecified atom stereocenters. The summed E-state index contributed by atoms with van der Waals surface area (Å²) in [5, 5.41) is 5.96. The third-order valence-corrected chi connectivity index (χ3v) is 5.10. The van der Waals surface area contributed by atoms with Crippen LogP contribution in [0.25, 0.3) is 10.9 Å². The first kappa shape index (κ1) is 23.0. The number of benzene rings is 2. The zero-order chi connectivity index (χ0) is 22.9. The molecular weight excluding hydrogens is 408 g/mol. The predicted octanol–water partition coefficient (Wildman–Crippen LogP) is 2.50. The molecule has 0 bridgehead atoms. The SMILES string of the molecule is CCCNC(=O)Cn1c(=O)n(CCCCC(=O)Nc2ccccc2)c(=O)c2ccccc21. The highest BCUT2D eigenvalue weighted by molar-refractivity contribution is 5.90. The fourth-order valence-electron chi connectivity index (χ4n) is 3.49. The van der Waals surface area contributed by atoms with Crippen LogP contribution in [0, 0.1) is 0 Å². The molecule has 0 atom stereocenters. The zero-order valence-electron chi connectivity index (χ0n) is 18.2. The summed E-state index contributed by atoms with van der Waals surface area (Å²) in [6.07, 6.45) is 2.08. The van der Waals surface area contributed by atoms with Crippen molar-refractivity contribution in [2.24, 2.45) is 0 Å². The number of hydrogen-bond acceptors (Lipinski definition) is 4. The van der Waals surface area contributed by atoms with Crippen molar-refractivity contribution in [1.82, 2.24) is 14.5 Å². The number of aromatic nitrogens is 2. The van der Waals surface area contributed by atoms with Crippen LogP contribution in [0.1, 0.15) is 32.6 Å². The summed E-state index contributed by atoms with van der Waals surface area (Å²) in [6.45, 7) is 2.50. The molecule has 0 aliphatic rings. The van der Waals surface area contributed by atoms with E-state index in [1.807, 2.05) is 37.3 Å². The van der Waals surface area contributed by atoms with Gasteiger partial charge in [0.1, 0.15) is 6.54 Å². The van der Waals surface area contributed by atoms with Crippen LogP contribution in [-0.2, 0) is 22.7 Å². The second-order valence-corrected chi connectivity index (χ2v) is 7.56. The Morgan fingerprint density at radius 2 is 1.59 bits per heavy atom. The largest absolute Gasteiger partial charge is 0.355 e. The average molecular weight is 437 g/mol. The van der Waals surface area contributed by atoms with Gasteiger partial charge in [-0.3, -0.25) is 23.5 Å². The van der Waals surface area contributed by atoms with Crippen molar-refractivity contribution in [3.8, 4) is 0 Å². The van der Waals surface area contributed by atoms with Gasteiger partial charge in [-0.25, -0.2) is 4.79 Å². The lowest BCUT2D eigenvalue weighted by molar-refractivity contribution is -0.121. The van der Waals surface area contributed by atoms with E-state index in [0.29, 0.717) is 30.3 Å². The van der Waals surface area contributed by atoms with Gasteiger partial charge in [0.15, 0.2) is 0 Å². The van der Waals surface area contributed by atoms with E-state index in [2.05, 4.69) is 10.6 Å². The molecule has 168 valence electrons. The van der Waals surface area contributed by atoms with Gasteiger partial charge in [0.2, 0.25) is 11.8 Å². The Morgan fingerprint density at radius 3 is 2.34 bits per heavy atom. The Kier molecular flexibility index (Phi) is 7.96. The first-order chi connectivity index (χ1) is 15.5. The molecule has 1 heterocycles. The molecule has 0 radical (unpaired) electrons. The van der Waals surface area contributed by atoms with Crippen LogP contribution in [-0.4, -0.2) is 27.5 Å². The monoisotopic (exact) mass is 436 g/mol. The summed E-state index contributed by atoms with van der Waals surface area (Å²) in [4.78, 5) is 50.3. The van der Waals surface area contributed by atoms with Crippen LogP contribution in [0.3, 0.4) is 0 Å². The highest BCUT2D eigenvalue weighted by Gasteiger charge is 2.15.